The zero-order valence-corrected chi connectivity index (χ0v) is 9.06. The van der Waals surface area contributed by atoms with Crippen LogP contribution in [0.2, 0.25) is 0 Å². The monoisotopic (exact) mass is 227 g/mol. The number of hydrogen-bond donors (Lipinski definition) is 2. The van der Waals surface area contributed by atoms with Gasteiger partial charge in [0.25, 0.3) is 0 Å². The summed E-state index contributed by atoms with van der Waals surface area (Å²) in [5.41, 5.74) is 0. The molecule has 0 unspecified atom stereocenters. The first kappa shape index (κ1) is 12.0. The fourth-order valence-electron chi connectivity index (χ4n) is 1.05. The number of urea groups is 1. The molecule has 0 saturated heterocycles. The third kappa shape index (κ3) is 2.94. The minimum atomic E-state index is -0.558. The van der Waals surface area contributed by atoms with Crippen LogP contribution in [0.3, 0.4) is 0 Å². The molecule has 0 aliphatic heterocycles. The van der Waals surface area contributed by atoms with Crippen molar-refractivity contribution in [2.24, 2.45) is 0 Å². The van der Waals surface area contributed by atoms with E-state index in [2.05, 4.69) is 25.6 Å². The lowest BCUT2D eigenvalue weighted by Gasteiger charge is -2.06. The molecule has 16 heavy (non-hydrogen) atoms. The molecule has 0 atom stereocenters. The van der Waals surface area contributed by atoms with Crippen LogP contribution in [0.1, 0.15) is 10.6 Å². The molecule has 8 nitrogen and oxygen atoms in total. The Labute approximate surface area is 92.0 Å². The summed E-state index contributed by atoms with van der Waals surface area (Å²) >= 11 is 0. The van der Waals surface area contributed by atoms with Crippen molar-refractivity contribution < 1.29 is 14.3 Å². The van der Waals surface area contributed by atoms with Gasteiger partial charge in [0.2, 0.25) is 5.82 Å². The Morgan fingerprint density at radius 1 is 1.56 bits per heavy atom. The summed E-state index contributed by atoms with van der Waals surface area (Å²) in [7, 11) is 2.79. The van der Waals surface area contributed by atoms with Gasteiger partial charge in [0.15, 0.2) is 0 Å². The Kier molecular flexibility index (Phi) is 4.25. The molecule has 0 spiro atoms. The Bertz CT molecular complexity index is 376. The molecule has 1 aromatic rings. The van der Waals surface area contributed by atoms with E-state index in [9.17, 15) is 9.59 Å². The molecule has 0 aliphatic carbocycles. The van der Waals surface area contributed by atoms with E-state index in [1.54, 1.807) is 0 Å². The van der Waals surface area contributed by atoms with Gasteiger partial charge in [-0.15, -0.1) is 10.2 Å². The van der Waals surface area contributed by atoms with Gasteiger partial charge >= 0.3 is 12.0 Å². The van der Waals surface area contributed by atoms with Crippen molar-refractivity contribution >= 4 is 12.0 Å². The number of rotatable bonds is 4. The Balaban J connectivity index is 2.51. The minimum absolute atomic E-state index is 0.112. The maximum absolute atomic E-state index is 11.2. The molecular weight excluding hydrogens is 214 g/mol. The fourth-order valence-corrected chi connectivity index (χ4v) is 1.05. The molecule has 0 aliphatic rings. The van der Waals surface area contributed by atoms with E-state index in [1.165, 1.54) is 25.1 Å². The quantitative estimate of drug-likeness (QED) is 0.642. The minimum Gasteiger partial charge on any atom is -0.463 e. The number of hydrogen-bond acceptors (Lipinski definition) is 5. The first-order chi connectivity index (χ1) is 7.69. The van der Waals surface area contributed by atoms with E-state index in [0.29, 0.717) is 13.1 Å². The second kappa shape index (κ2) is 5.69. The molecule has 8 heteroatoms. The van der Waals surface area contributed by atoms with Crippen LogP contribution in [0.5, 0.6) is 0 Å². The van der Waals surface area contributed by atoms with Crippen molar-refractivity contribution in [1.82, 2.24) is 25.4 Å². The molecular formula is C8H13N5O3. The Morgan fingerprint density at radius 2 is 2.31 bits per heavy atom. The summed E-state index contributed by atoms with van der Waals surface area (Å²) in [4.78, 5) is 22.1. The standard InChI is InChI=1S/C8H13N5O3/c1-9-8(15)10-3-4-13-5-11-12-6(13)7(14)16-2/h5H,3-4H2,1-2H3,(H2,9,10,15). The molecule has 0 radical (unpaired) electrons. The van der Waals surface area contributed by atoms with E-state index in [4.69, 9.17) is 0 Å². The van der Waals surface area contributed by atoms with E-state index in [0.717, 1.165) is 0 Å². The predicted molar refractivity (Wildman–Crippen MR) is 53.8 cm³/mol. The van der Waals surface area contributed by atoms with E-state index >= 15 is 0 Å². The Hall–Kier alpha value is -2.12. The van der Waals surface area contributed by atoms with Crippen LogP contribution in [0.25, 0.3) is 0 Å². The number of nitrogens with one attached hydrogen (secondary N) is 2. The molecule has 2 amide bonds. The highest BCUT2D eigenvalue weighted by Gasteiger charge is 2.13. The molecule has 0 bridgehead atoms. The SMILES string of the molecule is CNC(=O)NCCn1cnnc1C(=O)OC. The highest BCUT2D eigenvalue weighted by molar-refractivity contribution is 5.85. The van der Waals surface area contributed by atoms with Crippen LogP contribution in [0.15, 0.2) is 6.33 Å². The Morgan fingerprint density at radius 3 is 2.94 bits per heavy atom. The van der Waals surface area contributed by atoms with Crippen LogP contribution in [0.4, 0.5) is 4.79 Å². The predicted octanol–water partition coefficient (Wildman–Crippen LogP) is -1.01. The number of methoxy groups -OCH3 is 1. The molecule has 1 rings (SSSR count). The van der Waals surface area contributed by atoms with E-state index in [1.807, 2.05) is 0 Å². The molecule has 0 aromatic carbocycles. The molecule has 1 heterocycles. The number of esters is 1. The smallest absolute Gasteiger partial charge is 0.376 e. The number of nitrogens with zero attached hydrogens (tertiary/aromatic N) is 3. The lowest BCUT2D eigenvalue weighted by atomic mass is 10.5. The van der Waals surface area contributed by atoms with Gasteiger partial charge in [-0.2, -0.15) is 0 Å². The van der Waals surface area contributed by atoms with Gasteiger partial charge in [-0.05, 0) is 0 Å². The summed E-state index contributed by atoms with van der Waals surface area (Å²) in [5, 5.41) is 12.2. The van der Waals surface area contributed by atoms with Gasteiger partial charge in [0.05, 0.1) is 7.11 Å². The van der Waals surface area contributed by atoms with Crippen molar-refractivity contribution in [3.8, 4) is 0 Å². The van der Waals surface area contributed by atoms with Gasteiger partial charge < -0.3 is 19.9 Å². The number of aromatic nitrogens is 3. The number of carbonyl (C=O) groups excluding carboxylic acids is 2. The maximum atomic E-state index is 11.2. The zero-order valence-electron chi connectivity index (χ0n) is 9.06. The second-order valence-electron chi connectivity index (χ2n) is 2.85. The first-order valence-corrected chi connectivity index (χ1v) is 4.60. The largest absolute Gasteiger partial charge is 0.463 e. The lowest BCUT2D eigenvalue weighted by Crippen LogP contribution is -2.35. The van der Waals surface area contributed by atoms with E-state index < -0.39 is 5.97 Å². The second-order valence-corrected chi connectivity index (χ2v) is 2.85. The van der Waals surface area contributed by atoms with Gasteiger partial charge in [-0.3, -0.25) is 0 Å². The molecule has 88 valence electrons. The van der Waals surface area contributed by atoms with Gasteiger partial charge in [-0.25, -0.2) is 9.59 Å². The maximum Gasteiger partial charge on any atom is 0.376 e. The third-order valence-electron chi connectivity index (χ3n) is 1.85. The van der Waals surface area contributed by atoms with Crippen molar-refractivity contribution in [2.75, 3.05) is 20.7 Å². The number of carbonyl (C=O) groups is 2. The van der Waals surface area contributed by atoms with Crippen LogP contribution in [-0.4, -0.2) is 47.5 Å². The summed E-state index contributed by atoms with van der Waals surface area (Å²) in [6.45, 7) is 0.757. The van der Waals surface area contributed by atoms with Gasteiger partial charge in [0.1, 0.15) is 6.33 Å². The number of ether oxygens (including phenoxy) is 1. The summed E-state index contributed by atoms with van der Waals surface area (Å²) < 4.78 is 6.02. The fraction of sp³-hybridized carbons (Fsp3) is 0.500. The number of amides is 2. The normalized spacial score (nSPS) is 9.62. The van der Waals surface area contributed by atoms with Gasteiger partial charge in [-0.1, -0.05) is 0 Å². The average Bonchev–Trinajstić information content (AvgIpc) is 2.76. The van der Waals surface area contributed by atoms with E-state index in [-0.39, 0.29) is 11.9 Å². The molecule has 1 aromatic heterocycles. The summed E-state index contributed by atoms with van der Waals surface area (Å²) in [6, 6.07) is -0.285. The van der Waals surface area contributed by atoms with Crippen LogP contribution < -0.4 is 10.6 Å². The van der Waals surface area contributed by atoms with Crippen molar-refractivity contribution in [1.29, 1.82) is 0 Å². The highest BCUT2D eigenvalue weighted by atomic mass is 16.5. The molecule has 0 fully saturated rings. The van der Waals surface area contributed by atoms with Crippen molar-refractivity contribution in [3.63, 3.8) is 0 Å². The van der Waals surface area contributed by atoms with Crippen molar-refractivity contribution in [2.45, 2.75) is 6.54 Å². The van der Waals surface area contributed by atoms with Crippen LogP contribution in [0, 0.1) is 0 Å². The summed E-state index contributed by atoms with van der Waals surface area (Å²) in [6.07, 6.45) is 1.40. The average molecular weight is 227 g/mol. The van der Waals surface area contributed by atoms with Crippen molar-refractivity contribution in [3.05, 3.63) is 12.2 Å². The van der Waals surface area contributed by atoms with Gasteiger partial charge in [0, 0.05) is 20.1 Å². The topological polar surface area (TPSA) is 98.1 Å². The third-order valence-corrected chi connectivity index (χ3v) is 1.85. The lowest BCUT2D eigenvalue weighted by molar-refractivity contribution is 0.0580. The first-order valence-electron chi connectivity index (χ1n) is 4.60. The highest BCUT2D eigenvalue weighted by Crippen LogP contribution is 1.96. The molecule has 0 saturated carbocycles. The van der Waals surface area contributed by atoms with Crippen LogP contribution in [-0.2, 0) is 11.3 Å². The molecule has 2 N–H and O–H groups in total. The van der Waals surface area contributed by atoms with Crippen LogP contribution >= 0.6 is 0 Å². The zero-order chi connectivity index (χ0) is 12.0. The summed E-state index contributed by atoms with van der Waals surface area (Å²) in [5.74, 6) is -0.446.